The monoisotopic (exact) mass is 440 g/mol. The Balaban J connectivity index is 1.71. The Labute approximate surface area is 186 Å². The predicted octanol–water partition coefficient (Wildman–Crippen LogP) is 6.80. The standard InChI is InChI=1S/C24H22Cl2N2O2/c1-24(2,3)16-9-7-15(8-10-16)22(29)27-18-5-4-6-19(14-18)28-23(30)20-13-17(25)11-12-21(20)26/h4-14H,1-3H3,(H,27,29)(H,28,30). The molecule has 30 heavy (non-hydrogen) atoms. The summed E-state index contributed by atoms with van der Waals surface area (Å²) in [6, 6.07) is 19.1. The smallest absolute Gasteiger partial charge is 0.257 e. The van der Waals surface area contributed by atoms with Crippen molar-refractivity contribution in [1.82, 2.24) is 0 Å². The van der Waals surface area contributed by atoms with Gasteiger partial charge in [-0.05, 0) is 59.5 Å². The number of hydrogen-bond donors (Lipinski definition) is 2. The van der Waals surface area contributed by atoms with E-state index < -0.39 is 0 Å². The second-order valence-corrected chi connectivity index (χ2v) is 8.78. The maximum Gasteiger partial charge on any atom is 0.257 e. The summed E-state index contributed by atoms with van der Waals surface area (Å²) in [5.74, 6) is -0.611. The molecular weight excluding hydrogens is 419 g/mol. The Morgan fingerprint density at radius 3 is 1.97 bits per heavy atom. The zero-order chi connectivity index (χ0) is 21.9. The minimum Gasteiger partial charge on any atom is -0.322 e. The van der Waals surface area contributed by atoms with Gasteiger partial charge in [-0.1, -0.05) is 62.2 Å². The van der Waals surface area contributed by atoms with Crippen LogP contribution in [0.15, 0.2) is 66.7 Å². The second-order valence-electron chi connectivity index (χ2n) is 7.94. The number of amides is 2. The molecule has 0 saturated carbocycles. The Morgan fingerprint density at radius 2 is 1.37 bits per heavy atom. The molecule has 0 aliphatic carbocycles. The number of halogens is 2. The van der Waals surface area contributed by atoms with Gasteiger partial charge in [0.2, 0.25) is 0 Å². The Bertz CT molecular complexity index is 1090. The summed E-state index contributed by atoms with van der Waals surface area (Å²) in [7, 11) is 0. The SMILES string of the molecule is CC(C)(C)c1ccc(C(=O)Nc2cccc(NC(=O)c3cc(Cl)ccc3Cl)c2)cc1. The number of hydrogen-bond acceptors (Lipinski definition) is 2. The van der Waals surface area contributed by atoms with E-state index in [9.17, 15) is 9.59 Å². The summed E-state index contributed by atoms with van der Waals surface area (Å²) in [5, 5.41) is 6.35. The Hall–Kier alpha value is -2.82. The number of anilines is 2. The summed E-state index contributed by atoms with van der Waals surface area (Å²) < 4.78 is 0. The van der Waals surface area contributed by atoms with Crippen LogP contribution in [0.1, 0.15) is 47.1 Å². The molecule has 0 aliphatic heterocycles. The molecule has 0 saturated heterocycles. The van der Waals surface area contributed by atoms with Crippen molar-refractivity contribution in [2.24, 2.45) is 0 Å². The van der Waals surface area contributed by atoms with Crippen LogP contribution in [0.2, 0.25) is 10.0 Å². The van der Waals surface area contributed by atoms with E-state index in [0.29, 0.717) is 27.0 Å². The Kier molecular flexibility index (Phi) is 6.49. The first-order valence-corrected chi connectivity index (χ1v) is 10.2. The largest absolute Gasteiger partial charge is 0.322 e. The lowest BCUT2D eigenvalue weighted by Crippen LogP contribution is -2.15. The number of nitrogens with one attached hydrogen (secondary N) is 2. The average Bonchev–Trinajstić information content (AvgIpc) is 2.69. The molecule has 0 spiro atoms. The minimum atomic E-state index is -0.385. The van der Waals surface area contributed by atoms with Gasteiger partial charge in [0.05, 0.1) is 10.6 Å². The van der Waals surface area contributed by atoms with Crippen LogP contribution in [0, 0.1) is 0 Å². The quantitative estimate of drug-likeness (QED) is 0.468. The van der Waals surface area contributed by atoms with E-state index in [1.54, 1.807) is 36.4 Å². The molecule has 3 aromatic carbocycles. The van der Waals surface area contributed by atoms with Crippen LogP contribution in [0.5, 0.6) is 0 Å². The number of benzene rings is 3. The lowest BCUT2D eigenvalue weighted by Gasteiger charge is -2.19. The van der Waals surface area contributed by atoms with E-state index in [1.807, 2.05) is 24.3 Å². The van der Waals surface area contributed by atoms with Crippen molar-refractivity contribution in [3.05, 3.63) is 93.5 Å². The first kappa shape index (κ1) is 21.9. The zero-order valence-corrected chi connectivity index (χ0v) is 18.4. The highest BCUT2D eigenvalue weighted by Gasteiger charge is 2.15. The van der Waals surface area contributed by atoms with Crippen LogP contribution in [0.3, 0.4) is 0 Å². The molecule has 0 unspecified atom stereocenters. The first-order valence-electron chi connectivity index (χ1n) is 9.42. The van der Waals surface area contributed by atoms with E-state index in [1.165, 1.54) is 6.07 Å². The molecule has 0 atom stereocenters. The van der Waals surface area contributed by atoms with Gasteiger partial charge in [0, 0.05) is 22.0 Å². The molecule has 2 amide bonds. The maximum atomic E-state index is 12.6. The summed E-state index contributed by atoms with van der Waals surface area (Å²) >= 11 is 12.0. The van der Waals surface area contributed by atoms with E-state index in [4.69, 9.17) is 23.2 Å². The third kappa shape index (κ3) is 5.41. The summed E-state index contributed by atoms with van der Waals surface area (Å²) in [6.45, 7) is 6.37. The van der Waals surface area contributed by atoms with Gasteiger partial charge in [-0.25, -0.2) is 0 Å². The summed E-state index contributed by atoms with van der Waals surface area (Å²) in [4.78, 5) is 25.1. The van der Waals surface area contributed by atoms with Crippen LogP contribution >= 0.6 is 23.2 Å². The average molecular weight is 441 g/mol. The van der Waals surface area contributed by atoms with Crippen LogP contribution < -0.4 is 10.6 Å². The highest BCUT2D eigenvalue weighted by molar-refractivity contribution is 6.36. The third-order valence-corrected chi connectivity index (χ3v) is 5.13. The van der Waals surface area contributed by atoms with Crippen molar-refractivity contribution in [2.45, 2.75) is 26.2 Å². The van der Waals surface area contributed by atoms with E-state index >= 15 is 0 Å². The molecule has 6 heteroatoms. The van der Waals surface area contributed by atoms with Crippen LogP contribution in [-0.4, -0.2) is 11.8 Å². The van der Waals surface area contributed by atoms with Gasteiger partial charge in [-0.15, -0.1) is 0 Å². The van der Waals surface area contributed by atoms with Crippen LogP contribution in [-0.2, 0) is 5.41 Å². The van der Waals surface area contributed by atoms with E-state index in [-0.39, 0.29) is 22.8 Å². The lowest BCUT2D eigenvalue weighted by atomic mass is 9.87. The minimum absolute atomic E-state index is 0.0213. The highest BCUT2D eigenvalue weighted by Crippen LogP contribution is 2.24. The molecule has 0 heterocycles. The van der Waals surface area contributed by atoms with Crippen molar-refractivity contribution in [3.8, 4) is 0 Å². The summed E-state index contributed by atoms with van der Waals surface area (Å²) in [6.07, 6.45) is 0. The fourth-order valence-electron chi connectivity index (χ4n) is 2.87. The molecule has 3 aromatic rings. The normalized spacial score (nSPS) is 11.1. The molecule has 0 bridgehead atoms. The number of carbonyl (C=O) groups is 2. The molecule has 0 fully saturated rings. The van der Waals surface area contributed by atoms with Crippen LogP contribution in [0.25, 0.3) is 0 Å². The zero-order valence-electron chi connectivity index (χ0n) is 16.9. The van der Waals surface area contributed by atoms with Crippen molar-refractivity contribution in [3.63, 3.8) is 0 Å². The molecule has 4 nitrogen and oxygen atoms in total. The topological polar surface area (TPSA) is 58.2 Å². The predicted molar refractivity (Wildman–Crippen MR) is 124 cm³/mol. The second kappa shape index (κ2) is 8.90. The van der Waals surface area contributed by atoms with Crippen molar-refractivity contribution >= 4 is 46.4 Å². The van der Waals surface area contributed by atoms with Crippen molar-refractivity contribution < 1.29 is 9.59 Å². The van der Waals surface area contributed by atoms with Gasteiger partial charge in [-0.3, -0.25) is 9.59 Å². The Morgan fingerprint density at radius 1 is 0.767 bits per heavy atom. The van der Waals surface area contributed by atoms with Gasteiger partial charge >= 0.3 is 0 Å². The van der Waals surface area contributed by atoms with E-state index in [2.05, 4.69) is 31.4 Å². The first-order chi connectivity index (χ1) is 14.1. The fraction of sp³-hybridized carbons (Fsp3) is 0.167. The fourth-order valence-corrected chi connectivity index (χ4v) is 3.24. The van der Waals surface area contributed by atoms with Crippen molar-refractivity contribution in [1.29, 1.82) is 0 Å². The highest BCUT2D eigenvalue weighted by atomic mass is 35.5. The van der Waals surface area contributed by atoms with Gasteiger partial charge in [0.1, 0.15) is 0 Å². The van der Waals surface area contributed by atoms with Crippen molar-refractivity contribution in [2.75, 3.05) is 10.6 Å². The van der Waals surface area contributed by atoms with Gasteiger partial charge in [0.25, 0.3) is 11.8 Å². The molecular formula is C24H22Cl2N2O2. The molecule has 0 radical (unpaired) electrons. The van der Waals surface area contributed by atoms with Gasteiger partial charge in [-0.2, -0.15) is 0 Å². The van der Waals surface area contributed by atoms with E-state index in [0.717, 1.165) is 5.56 Å². The van der Waals surface area contributed by atoms with Gasteiger partial charge < -0.3 is 10.6 Å². The molecule has 2 N–H and O–H groups in total. The lowest BCUT2D eigenvalue weighted by molar-refractivity contribution is 0.101. The maximum absolute atomic E-state index is 12.6. The third-order valence-electron chi connectivity index (χ3n) is 4.56. The number of carbonyl (C=O) groups excluding carboxylic acids is 2. The molecule has 3 rings (SSSR count). The molecule has 154 valence electrons. The van der Waals surface area contributed by atoms with Crippen LogP contribution in [0.4, 0.5) is 11.4 Å². The van der Waals surface area contributed by atoms with Gasteiger partial charge in [0.15, 0.2) is 0 Å². The molecule has 0 aliphatic rings. The number of rotatable bonds is 4. The molecule has 0 aromatic heterocycles. The summed E-state index contributed by atoms with van der Waals surface area (Å²) in [5.41, 5.74) is 3.10.